The Labute approximate surface area is 238 Å². The van der Waals surface area contributed by atoms with Crippen molar-refractivity contribution in [3.8, 4) is 23.1 Å². The lowest BCUT2D eigenvalue weighted by atomic mass is 10.0. The monoisotopic (exact) mass is 545 g/mol. The molecule has 1 aliphatic rings. The highest BCUT2D eigenvalue weighted by atomic mass is 16.1. The highest BCUT2D eigenvalue weighted by Crippen LogP contribution is 2.30. The number of benzene rings is 1. The molecule has 4 heterocycles. The Bertz CT molecular complexity index is 1670. The van der Waals surface area contributed by atoms with Crippen LogP contribution >= 0.6 is 0 Å². The van der Waals surface area contributed by atoms with E-state index >= 15 is 0 Å². The molecule has 4 aromatic rings. The van der Waals surface area contributed by atoms with Gasteiger partial charge in [0.05, 0.1) is 5.56 Å². The molecule has 3 N–H and O–H groups in total. The molecule has 206 valence electrons. The SMILES string of the molecule is C=C(C#N)N=C(/C=C\C)C(=O)NC1CCN(Cc2ccc(-n3c(-c4cccnc4N)nc4cccnc43)cc2)CC1. The molecular formula is C31H31N9O. The standard InChI is InChI=1S/C31H31N9O/c1-3-6-27(36-21(2)19-32)31(41)37-23-13-17-39(18-14-23)20-22-9-11-24(12-10-22)40-29(25-7-4-15-34-28(25)33)38-26-8-5-16-35-30(26)40/h3-12,15-16,23H,2,13-14,17-18,20H2,1H3,(H2,33,34)(H,37,41)/b6-3-,36-27?. The zero-order valence-corrected chi connectivity index (χ0v) is 22.9. The number of nitriles is 1. The van der Waals surface area contributed by atoms with Crippen molar-refractivity contribution in [1.82, 2.24) is 29.7 Å². The molecule has 1 saturated heterocycles. The number of nitrogen functional groups attached to an aromatic ring is 1. The topological polar surface area (TPSA) is 138 Å². The zero-order chi connectivity index (χ0) is 28.8. The van der Waals surface area contributed by atoms with Gasteiger partial charge in [-0.2, -0.15) is 5.26 Å². The number of aromatic nitrogens is 4. The van der Waals surface area contributed by atoms with Gasteiger partial charge in [-0.15, -0.1) is 0 Å². The van der Waals surface area contributed by atoms with Crippen LogP contribution in [0.15, 0.2) is 90.3 Å². The van der Waals surface area contributed by atoms with Crippen molar-refractivity contribution >= 4 is 28.6 Å². The second-order valence-corrected chi connectivity index (χ2v) is 9.80. The van der Waals surface area contributed by atoms with Crippen LogP contribution in [0, 0.1) is 11.3 Å². The second-order valence-electron chi connectivity index (χ2n) is 9.80. The summed E-state index contributed by atoms with van der Waals surface area (Å²) >= 11 is 0. The Morgan fingerprint density at radius 1 is 1.17 bits per heavy atom. The van der Waals surface area contributed by atoms with Gasteiger partial charge in [-0.05, 0) is 67.8 Å². The van der Waals surface area contributed by atoms with E-state index in [2.05, 4.69) is 56.0 Å². The van der Waals surface area contributed by atoms with E-state index in [1.54, 1.807) is 31.5 Å². The van der Waals surface area contributed by atoms with Crippen LogP contribution in [0.5, 0.6) is 0 Å². The van der Waals surface area contributed by atoms with Crippen LogP contribution < -0.4 is 11.1 Å². The number of anilines is 1. The number of hydrogen-bond acceptors (Lipinski definition) is 8. The number of piperidine rings is 1. The molecule has 1 aliphatic heterocycles. The van der Waals surface area contributed by atoms with Crippen molar-refractivity contribution in [3.05, 3.63) is 90.9 Å². The van der Waals surface area contributed by atoms with Gasteiger partial charge in [-0.3, -0.25) is 14.3 Å². The van der Waals surface area contributed by atoms with Crippen LogP contribution in [-0.4, -0.2) is 55.2 Å². The molecule has 0 spiro atoms. The molecule has 0 bridgehead atoms. The van der Waals surface area contributed by atoms with Crippen molar-refractivity contribution in [3.63, 3.8) is 0 Å². The third-order valence-electron chi connectivity index (χ3n) is 6.96. The summed E-state index contributed by atoms with van der Waals surface area (Å²) in [5.41, 5.74) is 10.8. The highest BCUT2D eigenvalue weighted by molar-refractivity contribution is 6.43. The van der Waals surface area contributed by atoms with E-state index in [1.807, 2.05) is 34.9 Å². The van der Waals surface area contributed by atoms with E-state index in [4.69, 9.17) is 16.0 Å². The van der Waals surface area contributed by atoms with Crippen LogP contribution in [0.2, 0.25) is 0 Å². The molecule has 0 unspecified atom stereocenters. The number of nitrogens with one attached hydrogen (secondary N) is 1. The van der Waals surface area contributed by atoms with Crippen molar-refractivity contribution in [2.75, 3.05) is 18.8 Å². The number of hydrogen-bond donors (Lipinski definition) is 2. The summed E-state index contributed by atoms with van der Waals surface area (Å²) in [6.45, 7) is 7.86. The van der Waals surface area contributed by atoms with Gasteiger partial charge in [0.25, 0.3) is 5.91 Å². The van der Waals surface area contributed by atoms with E-state index < -0.39 is 0 Å². The van der Waals surface area contributed by atoms with E-state index in [1.165, 1.54) is 5.56 Å². The van der Waals surface area contributed by atoms with Crippen molar-refractivity contribution in [2.24, 2.45) is 4.99 Å². The number of amides is 1. The van der Waals surface area contributed by atoms with Gasteiger partial charge in [0.1, 0.15) is 28.8 Å². The number of pyridine rings is 2. The first-order chi connectivity index (χ1) is 20.0. The number of fused-ring (bicyclic) bond motifs is 1. The van der Waals surface area contributed by atoms with Crippen LogP contribution in [0.1, 0.15) is 25.3 Å². The summed E-state index contributed by atoms with van der Waals surface area (Å²) in [4.78, 5) is 32.7. The number of carbonyl (C=O) groups excluding carboxylic acids is 1. The fourth-order valence-electron chi connectivity index (χ4n) is 4.94. The van der Waals surface area contributed by atoms with E-state index in [9.17, 15) is 4.79 Å². The Morgan fingerprint density at radius 2 is 1.90 bits per heavy atom. The summed E-state index contributed by atoms with van der Waals surface area (Å²) in [6.07, 6.45) is 8.39. The average Bonchev–Trinajstić information content (AvgIpc) is 3.38. The van der Waals surface area contributed by atoms with Crippen LogP contribution in [-0.2, 0) is 11.3 Å². The second kappa shape index (κ2) is 12.4. The zero-order valence-electron chi connectivity index (χ0n) is 22.9. The molecule has 5 rings (SSSR count). The highest BCUT2D eigenvalue weighted by Gasteiger charge is 2.23. The van der Waals surface area contributed by atoms with Gasteiger partial charge in [-0.25, -0.2) is 19.9 Å². The fraction of sp³-hybridized carbons (Fsp3) is 0.226. The normalized spacial score (nSPS) is 14.8. The third kappa shape index (κ3) is 6.21. The summed E-state index contributed by atoms with van der Waals surface area (Å²) in [5, 5.41) is 12.0. The maximum Gasteiger partial charge on any atom is 0.270 e. The van der Waals surface area contributed by atoms with Crippen molar-refractivity contribution in [2.45, 2.75) is 32.4 Å². The Morgan fingerprint density at radius 3 is 2.61 bits per heavy atom. The average molecular weight is 546 g/mol. The van der Waals surface area contributed by atoms with Gasteiger partial charge in [0.2, 0.25) is 0 Å². The summed E-state index contributed by atoms with van der Waals surface area (Å²) in [7, 11) is 0. The Balaban J connectivity index is 1.26. The first-order valence-corrected chi connectivity index (χ1v) is 13.4. The van der Waals surface area contributed by atoms with Gasteiger partial charge < -0.3 is 11.1 Å². The van der Waals surface area contributed by atoms with Crippen LogP contribution in [0.3, 0.4) is 0 Å². The van der Waals surface area contributed by atoms with Crippen LogP contribution in [0.4, 0.5) is 5.82 Å². The lowest BCUT2D eigenvalue weighted by Gasteiger charge is -2.32. The molecule has 10 heteroatoms. The lowest BCUT2D eigenvalue weighted by Crippen LogP contribution is -2.46. The third-order valence-corrected chi connectivity index (χ3v) is 6.96. The Hall–Kier alpha value is -5.14. The number of likely N-dealkylation sites (tertiary alicyclic amines) is 1. The number of carbonyl (C=O) groups is 1. The van der Waals surface area contributed by atoms with E-state index in [-0.39, 0.29) is 23.4 Å². The molecule has 0 saturated carbocycles. The Kier molecular flexibility index (Phi) is 8.27. The molecule has 10 nitrogen and oxygen atoms in total. The molecular weight excluding hydrogens is 514 g/mol. The molecule has 0 radical (unpaired) electrons. The molecule has 3 aromatic heterocycles. The number of allylic oxidation sites excluding steroid dienone is 2. The molecule has 0 aliphatic carbocycles. The first kappa shape index (κ1) is 27.4. The number of aliphatic imine (C=N–C) groups is 1. The van der Waals surface area contributed by atoms with E-state index in [0.717, 1.165) is 54.9 Å². The van der Waals surface area contributed by atoms with Gasteiger partial charge in [0, 0.05) is 43.8 Å². The molecule has 0 atom stereocenters. The quantitative estimate of drug-likeness (QED) is 0.250. The smallest absolute Gasteiger partial charge is 0.270 e. The lowest BCUT2D eigenvalue weighted by molar-refractivity contribution is -0.115. The van der Waals surface area contributed by atoms with Crippen LogP contribution in [0.25, 0.3) is 28.2 Å². The van der Waals surface area contributed by atoms with Gasteiger partial charge >= 0.3 is 0 Å². The van der Waals surface area contributed by atoms with Gasteiger partial charge in [0.15, 0.2) is 11.5 Å². The van der Waals surface area contributed by atoms with E-state index in [0.29, 0.717) is 11.6 Å². The predicted molar refractivity (Wildman–Crippen MR) is 160 cm³/mol. The fourth-order valence-corrected chi connectivity index (χ4v) is 4.94. The van der Waals surface area contributed by atoms with Gasteiger partial charge in [-0.1, -0.05) is 24.8 Å². The predicted octanol–water partition coefficient (Wildman–Crippen LogP) is 4.20. The summed E-state index contributed by atoms with van der Waals surface area (Å²) < 4.78 is 2.01. The minimum Gasteiger partial charge on any atom is -0.383 e. The molecule has 1 amide bonds. The first-order valence-electron chi connectivity index (χ1n) is 13.4. The summed E-state index contributed by atoms with van der Waals surface area (Å²) in [6, 6.07) is 17.9. The summed E-state index contributed by atoms with van der Waals surface area (Å²) in [5.74, 6) is 0.821. The molecule has 1 aromatic carbocycles. The largest absolute Gasteiger partial charge is 0.383 e. The maximum atomic E-state index is 12.7. The minimum absolute atomic E-state index is 0.00371. The number of nitrogens with zero attached hydrogens (tertiary/aromatic N) is 7. The molecule has 1 fully saturated rings. The van der Waals surface area contributed by atoms with Crippen molar-refractivity contribution < 1.29 is 4.79 Å². The number of imidazole rings is 1. The minimum atomic E-state index is -0.289. The van der Waals surface area contributed by atoms with Crippen molar-refractivity contribution in [1.29, 1.82) is 5.26 Å². The molecule has 41 heavy (non-hydrogen) atoms. The number of rotatable bonds is 8. The maximum absolute atomic E-state index is 12.7. The number of nitrogens with two attached hydrogens (primary N) is 1.